The molecule has 0 unspecified atom stereocenters. The van der Waals surface area contributed by atoms with E-state index in [1.807, 2.05) is 31.2 Å². The summed E-state index contributed by atoms with van der Waals surface area (Å²) in [6.45, 7) is 2.35. The molecule has 25 heavy (non-hydrogen) atoms. The Labute approximate surface area is 146 Å². The molecule has 0 fully saturated rings. The Morgan fingerprint density at radius 2 is 1.88 bits per heavy atom. The number of hydrogen-bond donors (Lipinski definition) is 3. The zero-order chi connectivity index (χ0) is 18.0. The van der Waals surface area contributed by atoms with E-state index >= 15 is 0 Å². The average Bonchev–Trinajstić information content (AvgIpc) is 2.58. The summed E-state index contributed by atoms with van der Waals surface area (Å²) >= 11 is 0. The lowest BCUT2D eigenvalue weighted by molar-refractivity contribution is 0.283. The van der Waals surface area contributed by atoms with Crippen molar-refractivity contribution >= 4 is 26.6 Å². The first-order chi connectivity index (χ1) is 11.9. The Morgan fingerprint density at radius 1 is 1.16 bits per heavy atom. The molecule has 3 aromatic rings. The fourth-order valence-corrected chi connectivity index (χ4v) is 3.24. The molecular formula is C18H19N3O3S. The quantitative estimate of drug-likeness (QED) is 0.650. The molecule has 0 spiro atoms. The highest BCUT2D eigenvalue weighted by Gasteiger charge is 2.09. The summed E-state index contributed by atoms with van der Waals surface area (Å²) in [7, 11) is -3.68. The Kier molecular flexibility index (Phi) is 4.71. The number of hydrogen-bond acceptors (Lipinski definition) is 5. The lowest BCUT2D eigenvalue weighted by atomic mass is 10.1. The largest absolute Gasteiger partial charge is 0.392 e. The summed E-state index contributed by atoms with van der Waals surface area (Å²) in [5.74, 6) is 0. The third kappa shape index (κ3) is 3.79. The van der Waals surface area contributed by atoms with E-state index in [9.17, 15) is 13.5 Å². The van der Waals surface area contributed by atoms with Crippen LogP contribution < -0.4 is 10.5 Å². The molecule has 0 aliphatic rings. The predicted octanol–water partition coefficient (Wildman–Crippen LogP) is 2.30. The Balaban J connectivity index is 1.87. The van der Waals surface area contributed by atoms with Gasteiger partial charge in [-0.1, -0.05) is 24.3 Å². The molecule has 0 atom stereocenters. The standard InChI is InChI=1S/C18H19N3O3S/c1-12-9-14(11-22)16-3-2-4-17(18(16)21-12)20-10-13-5-7-15(8-6-13)25(19,23)24/h2-9,20,22H,10-11H2,1H3,(H2,19,23,24). The van der Waals surface area contributed by atoms with Crippen LogP contribution in [0.2, 0.25) is 0 Å². The van der Waals surface area contributed by atoms with Crippen molar-refractivity contribution in [2.75, 3.05) is 5.32 Å². The van der Waals surface area contributed by atoms with E-state index < -0.39 is 10.0 Å². The van der Waals surface area contributed by atoms with Crippen molar-refractivity contribution in [3.05, 3.63) is 65.4 Å². The number of sulfonamides is 1. The van der Waals surface area contributed by atoms with Gasteiger partial charge in [0.1, 0.15) is 0 Å². The summed E-state index contributed by atoms with van der Waals surface area (Å²) < 4.78 is 22.6. The summed E-state index contributed by atoms with van der Waals surface area (Å²) in [5.41, 5.74) is 4.24. The number of anilines is 1. The fourth-order valence-electron chi connectivity index (χ4n) is 2.73. The molecule has 0 aliphatic carbocycles. The van der Waals surface area contributed by atoms with Gasteiger partial charge in [-0.25, -0.2) is 13.6 Å². The third-order valence-electron chi connectivity index (χ3n) is 3.96. The maximum Gasteiger partial charge on any atom is 0.238 e. The van der Waals surface area contributed by atoms with Gasteiger partial charge in [-0.05, 0) is 42.3 Å². The molecule has 4 N–H and O–H groups in total. The van der Waals surface area contributed by atoms with Crippen LogP contribution in [0, 0.1) is 6.92 Å². The van der Waals surface area contributed by atoms with Crippen LogP contribution in [0.1, 0.15) is 16.8 Å². The summed E-state index contributed by atoms with van der Waals surface area (Å²) in [6.07, 6.45) is 0. The smallest absolute Gasteiger partial charge is 0.238 e. The van der Waals surface area contributed by atoms with E-state index in [4.69, 9.17) is 5.14 Å². The number of aliphatic hydroxyl groups excluding tert-OH is 1. The first-order valence-corrected chi connectivity index (χ1v) is 9.29. The Bertz CT molecular complexity index is 1020. The van der Waals surface area contributed by atoms with Crippen molar-refractivity contribution in [3.8, 4) is 0 Å². The lowest BCUT2D eigenvalue weighted by Crippen LogP contribution is -2.12. The Morgan fingerprint density at radius 3 is 2.52 bits per heavy atom. The highest BCUT2D eigenvalue weighted by atomic mass is 32.2. The lowest BCUT2D eigenvalue weighted by Gasteiger charge is -2.12. The SMILES string of the molecule is Cc1cc(CO)c2cccc(NCc3ccc(S(N)(=O)=O)cc3)c2n1. The van der Waals surface area contributed by atoms with Gasteiger partial charge in [-0.15, -0.1) is 0 Å². The summed E-state index contributed by atoms with van der Waals surface area (Å²) in [4.78, 5) is 4.66. The normalized spacial score (nSPS) is 11.6. The molecule has 130 valence electrons. The van der Waals surface area contributed by atoms with Gasteiger partial charge in [0.05, 0.1) is 22.7 Å². The topological polar surface area (TPSA) is 105 Å². The molecule has 0 bridgehead atoms. The van der Waals surface area contributed by atoms with Gasteiger partial charge in [0.2, 0.25) is 10.0 Å². The zero-order valence-corrected chi connectivity index (χ0v) is 14.5. The van der Waals surface area contributed by atoms with Crippen molar-refractivity contribution in [1.29, 1.82) is 0 Å². The monoisotopic (exact) mass is 357 g/mol. The minimum atomic E-state index is -3.68. The number of primary sulfonamides is 1. The fraction of sp³-hybridized carbons (Fsp3) is 0.167. The van der Waals surface area contributed by atoms with Crippen LogP contribution in [-0.4, -0.2) is 18.5 Å². The number of benzene rings is 2. The maximum atomic E-state index is 11.3. The third-order valence-corrected chi connectivity index (χ3v) is 4.89. The number of nitrogens with two attached hydrogens (primary N) is 1. The molecule has 0 radical (unpaired) electrons. The van der Waals surface area contributed by atoms with Crippen LogP contribution in [0.3, 0.4) is 0 Å². The molecule has 3 rings (SSSR count). The molecule has 0 amide bonds. The van der Waals surface area contributed by atoms with Crippen LogP contribution in [0.25, 0.3) is 10.9 Å². The number of pyridine rings is 1. The van der Waals surface area contributed by atoms with Crippen LogP contribution in [0.5, 0.6) is 0 Å². The van der Waals surface area contributed by atoms with Gasteiger partial charge in [-0.2, -0.15) is 0 Å². The second kappa shape index (κ2) is 6.79. The Hall–Kier alpha value is -2.48. The van der Waals surface area contributed by atoms with Gasteiger partial charge >= 0.3 is 0 Å². The van der Waals surface area contributed by atoms with Crippen LogP contribution in [-0.2, 0) is 23.2 Å². The number of para-hydroxylation sites is 1. The molecule has 6 nitrogen and oxygen atoms in total. The number of aromatic nitrogens is 1. The number of fused-ring (bicyclic) bond motifs is 1. The number of rotatable bonds is 5. The highest BCUT2D eigenvalue weighted by molar-refractivity contribution is 7.89. The molecule has 0 saturated carbocycles. The first kappa shape index (κ1) is 17.3. The van der Waals surface area contributed by atoms with Crippen LogP contribution in [0.15, 0.2) is 53.4 Å². The van der Waals surface area contributed by atoms with Crippen molar-refractivity contribution < 1.29 is 13.5 Å². The van der Waals surface area contributed by atoms with E-state index in [0.717, 1.165) is 33.4 Å². The van der Waals surface area contributed by atoms with Crippen LogP contribution in [0.4, 0.5) is 5.69 Å². The molecule has 2 aromatic carbocycles. The number of aryl methyl sites for hydroxylation is 1. The van der Waals surface area contributed by atoms with E-state index in [1.165, 1.54) is 12.1 Å². The highest BCUT2D eigenvalue weighted by Crippen LogP contribution is 2.26. The molecule has 1 aromatic heterocycles. The number of nitrogens with zero attached hydrogens (tertiary/aromatic N) is 1. The van der Waals surface area contributed by atoms with Crippen molar-refractivity contribution in [3.63, 3.8) is 0 Å². The number of nitrogens with one attached hydrogen (secondary N) is 1. The second-order valence-corrected chi connectivity index (χ2v) is 7.39. The molecule has 1 heterocycles. The summed E-state index contributed by atoms with van der Waals surface area (Å²) in [5, 5.41) is 18.9. The van der Waals surface area contributed by atoms with E-state index in [1.54, 1.807) is 12.1 Å². The summed E-state index contributed by atoms with van der Waals surface area (Å²) in [6, 6.07) is 14.0. The van der Waals surface area contributed by atoms with Crippen LogP contribution >= 0.6 is 0 Å². The predicted molar refractivity (Wildman–Crippen MR) is 97.5 cm³/mol. The number of aliphatic hydroxyl groups is 1. The second-order valence-electron chi connectivity index (χ2n) is 5.83. The van der Waals surface area contributed by atoms with Gasteiger partial charge in [0, 0.05) is 17.6 Å². The molecular weight excluding hydrogens is 338 g/mol. The maximum absolute atomic E-state index is 11.3. The van der Waals surface area contributed by atoms with E-state index in [-0.39, 0.29) is 11.5 Å². The minimum Gasteiger partial charge on any atom is -0.392 e. The van der Waals surface area contributed by atoms with Gasteiger partial charge < -0.3 is 10.4 Å². The van der Waals surface area contributed by atoms with Crippen molar-refractivity contribution in [2.24, 2.45) is 5.14 Å². The van der Waals surface area contributed by atoms with Gasteiger partial charge in [-0.3, -0.25) is 4.98 Å². The van der Waals surface area contributed by atoms with E-state index in [0.29, 0.717) is 6.54 Å². The van der Waals surface area contributed by atoms with Crippen molar-refractivity contribution in [2.45, 2.75) is 25.0 Å². The first-order valence-electron chi connectivity index (χ1n) is 7.74. The molecule has 7 heteroatoms. The zero-order valence-electron chi connectivity index (χ0n) is 13.7. The average molecular weight is 357 g/mol. The molecule has 0 aliphatic heterocycles. The van der Waals surface area contributed by atoms with Gasteiger partial charge in [0.15, 0.2) is 0 Å². The van der Waals surface area contributed by atoms with Gasteiger partial charge in [0.25, 0.3) is 0 Å². The van der Waals surface area contributed by atoms with Crippen molar-refractivity contribution in [1.82, 2.24) is 4.98 Å². The molecule has 0 saturated heterocycles. The van der Waals surface area contributed by atoms with E-state index in [2.05, 4.69) is 10.3 Å². The minimum absolute atomic E-state index is 0.0433.